The minimum Gasteiger partial charge on any atom is -0.335 e. The maximum absolute atomic E-state index is 13.1. The van der Waals surface area contributed by atoms with E-state index in [9.17, 15) is 18.0 Å². The maximum atomic E-state index is 13.1. The minimum absolute atomic E-state index is 0.115. The van der Waals surface area contributed by atoms with Crippen molar-refractivity contribution in [3.05, 3.63) is 47.3 Å². The molecule has 28 heavy (non-hydrogen) atoms. The number of alkyl halides is 3. The van der Waals surface area contributed by atoms with Crippen molar-refractivity contribution in [2.75, 3.05) is 0 Å². The van der Waals surface area contributed by atoms with Crippen LogP contribution in [0.3, 0.4) is 0 Å². The number of benzene rings is 1. The van der Waals surface area contributed by atoms with Gasteiger partial charge in [0.2, 0.25) is 0 Å². The van der Waals surface area contributed by atoms with E-state index in [1.165, 1.54) is 30.0 Å². The summed E-state index contributed by atoms with van der Waals surface area (Å²) in [4.78, 5) is 12.5. The molecule has 1 aromatic heterocycles. The highest BCUT2D eigenvalue weighted by Crippen LogP contribution is 2.55. The SMILES string of the molecule is Cn1cc(C(NC(=O)NC2CC3(CCC3)C2)c2cccc(C(F)(F)F)c2)nn1. The average molecular weight is 393 g/mol. The van der Waals surface area contributed by atoms with E-state index in [-0.39, 0.29) is 6.04 Å². The van der Waals surface area contributed by atoms with Crippen molar-refractivity contribution in [3.8, 4) is 0 Å². The van der Waals surface area contributed by atoms with E-state index in [2.05, 4.69) is 20.9 Å². The Balaban J connectivity index is 1.50. The lowest BCUT2D eigenvalue weighted by Crippen LogP contribution is -2.55. The van der Waals surface area contributed by atoms with Crippen LogP contribution in [0, 0.1) is 5.41 Å². The van der Waals surface area contributed by atoms with Crippen molar-refractivity contribution in [1.29, 1.82) is 0 Å². The van der Waals surface area contributed by atoms with Crippen molar-refractivity contribution < 1.29 is 18.0 Å². The number of carbonyl (C=O) groups excluding carboxylic acids is 1. The topological polar surface area (TPSA) is 71.8 Å². The van der Waals surface area contributed by atoms with E-state index < -0.39 is 23.8 Å². The molecule has 2 aliphatic carbocycles. The number of hydrogen-bond donors (Lipinski definition) is 2. The number of rotatable bonds is 4. The van der Waals surface area contributed by atoms with Gasteiger partial charge in [0.15, 0.2) is 0 Å². The van der Waals surface area contributed by atoms with Gasteiger partial charge in [-0.25, -0.2) is 4.79 Å². The Bertz CT molecular complexity index is 866. The first-order valence-electron chi connectivity index (χ1n) is 9.35. The van der Waals surface area contributed by atoms with Crippen LogP contribution in [-0.4, -0.2) is 27.1 Å². The van der Waals surface area contributed by atoms with Crippen molar-refractivity contribution in [2.45, 2.75) is 50.4 Å². The van der Waals surface area contributed by atoms with Crippen LogP contribution in [0.25, 0.3) is 0 Å². The molecule has 1 spiro atoms. The Labute approximate surface area is 160 Å². The fraction of sp³-hybridized carbons (Fsp3) is 0.526. The van der Waals surface area contributed by atoms with Crippen molar-refractivity contribution >= 4 is 6.03 Å². The molecule has 0 bridgehead atoms. The summed E-state index contributed by atoms with van der Waals surface area (Å²) in [5, 5.41) is 13.5. The van der Waals surface area contributed by atoms with Crippen molar-refractivity contribution in [1.82, 2.24) is 25.6 Å². The first-order chi connectivity index (χ1) is 13.2. The van der Waals surface area contributed by atoms with Gasteiger partial charge in [0, 0.05) is 13.1 Å². The summed E-state index contributed by atoms with van der Waals surface area (Å²) in [5.41, 5.74) is 0.325. The van der Waals surface area contributed by atoms with Crippen LogP contribution in [0.15, 0.2) is 30.5 Å². The summed E-state index contributed by atoms with van der Waals surface area (Å²) in [7, 11) is 1.66. The van der Waals surface area contributed by atoms with Crippen molar-refractivity contribution in [3.63, 3.8) is 0 Å². The highest BCUT2D eigenvalue weighted by molar-refractivity contribution is 5.75. The molecule has 9 heteroatoms. The van der Waals surface area contributed by atoms with E-state index in [0.29, 0.717) is 16.7 Å². The van der Waals surface area contributed by atoms with Gasteiger partial charge in [-0.1, -0.05) is 23.8 Å². The lowest BCUT2D eigenvalue weighted by molar-refractivity contribution is -0.137. The molecular weight excluding hydrogens is 371 g/mol. The molecule has 0 saturated heterocycles. The molecule has 2 N–H and O–H groups in total. The molecule has 1 unspecified atom stereocenters. The Kier molecular flexibility index (Phi) is 4.55. The van der Waals surface area contributed by atoms with Crippen LogP contribution in [0.1, 0.15) is 55.0 Å². The third-order valence-corrected chi connectivity index (χ3v) is 5.85. The van der Waals surface area contributed by atoms with Gasteiger partial charge >= 0.3 is 12.2 Å². The first-order valence-corrected chi connectivity index (χ1v) is 9.35. The summed E-state index contributed by atoms with van der Waals surface area (Å²) >= 11 is 0. The monoisotopic (exact) mass is 393 g/mol. The normalized spacial score (nSPS) is 19.6. The molecule has 150 valence electrons. The molecular formula is C19H22F3N5O. The van der Waals surface area contributed by atoms with Gasteiger partial charge in [-0.2, -0.15) is 13.2 Å². The number of aromatic nitrogens is 3. The van der Waals surface area contributed by atoms with Crippen LogP contribution in [0.5, 0.6) is 0 Å². The van der Waals surface area contributed by atoms with Crippen LogP contribution in [0.2, 0.25) is 0 Å². The molecule has 1 aromatic carbocycles. The highest BCUT2D eigenvalue weighted by atomic mass is 19.4. The van der Waals surface area contributed by atoms with Crippen LogP contribution in [0.4, 0.5) is 18.0 Å². The van der Waals surface area contributed by atoms with E-state index in [1.54, 1.807) is 19.3 Å². The highest BCUT2D eigenvalue weighted by Gasteiger charge is 2.48. The van der Waals surface area contributed by atoms with E-state index >= 15 is 0 Å². The molecule has 2 fully saturated rings. The van der Waals surface area contributed by atoms with Gasteiger partial charge in [0.05, 0.1) is 11.8 Å². The summed E-state index contributed by atoms with van der Waals surface area (Å²) < 4.78 is 40.8. The van der Waals surface area contributed by atoms with Crippen LogP contribution < -0.4 is 10.6 Å². The number of amides is 2. The van der Waals surface area contributed by atoms with Gasteiger partial charge in [-0.05, 0) is 48.8 Å². The number of carbonyl (C=O) groups is 1. The molecule has 2 aromatic rings. The lowest BCUT2D eigenvalue weighted by atomic mass is 9.54. The maximum Gasteiger partial charge on any atom is 0.416 e. The molecule has 4 rings (SSSR count). The van der Waals surface area contributed by atoms with Crippen LogP contribution >= 0.6 is 0 Å². The fourth-order valence-corrected chi connectivity index (χ4v) is 4.25. The number of aryl methyl sites for hydroxylation is 1. The molecule has 2 amide bonds. The summed E-state index contributed by atoms with van der Waals surface area (Å²) in [6.07, 6.45) is 2.76. The average Bonchev–Trinajstić information content (AvgIpc) is 2.99. The number of nitrogens with zero attached hydrogens (tertiary/aromatic N) is 3. The lowest BCUT2D eigenvalue weighted by Gasteiger charge is -2.54. The van der Waals surface area contributed by atoms with E-state index in [1.807, 2.05) is 0 Å². The third kappa shape index (κ3) is 3.70. The molecule has 2 aliphatic rings. The summed E-state index contributed by atoms with van der Waals surface area (Å²) in [5.74, 6) is 0. The minimum atomic E-state index is -4.46. The van der Waals surface area contributed by atoms with Crippen molar-refractivity contribution in [2.24, 2.45) is 12.5 Å². The van der Waals surface area contributed by atoms with Gasteiger partial charge in [0.25, 0.3) is 0 Å². The van der Waals surface area contributed by atoms with Crippen LogP contribution in [-0.2, 0) is 13.2 Å². The smallest absolute Gasteiger partial charge is 0.335 e. The van der Waals surface area contributed by atoms with Gasteiger partial charge in [-0.3, -0.25) is 4.68 Å². The predicted octanol–water partition coefficient (Wildman–Crippen LogP) is 3.56. The Morgan fingerprint density at radius 1 is 1.32 bits per heavy atom. The zero-order valence-corrected chi connectivity index (χ0v) is 15.5. The second-order valence-electron chi connectivity index (χ2n) is 7.95. The zero-order chi connectivity index (χ0) is 19.9. The van der Waals surface area contributed by atoms with Gasteiger partial charge in [-0.15, -0.1) is 5.10 Å². The number of urea groups is 1. The first kappa shape index (κ1) is 18.8. The molecule has 0 radical (unpaired) electrons. The molecule has 1 atom stereocenters. The largest absolute Gasteiger partial charge is 0.416 e. The second-order valence-corrected chi connectivity index (χ2v) is 7.95. The second kappa shape index (κ2) is 6.79. The Morgan fingerprint density at radius 2 is 2.07 bits per heavy atom. The quantitative estimate of drug-likeness (QED) is 0.834. The number of halogens is 3. The van der Waals surface area contributed by atoms with E-state index in [0.717, 1.165) is 25.0 Å². The zero-order valence-electron chi connectivity index (χ0n) is 15.5. The predicted molar refractivity (Wildman–Crippen MR) is 95.3 cm³/mol. The molecule has 2 saturated carbocycles. The Morgan fingerprint density at radius 3 is 2.64 bits per heavy atom. The standard InChI is InChI=1S/C19H22F3N5O/c1-27-11-15(25-26-27)16(12-4-2-5-13(8-12)19(20,21)22)24-17(28)23-14-9-18(10-14)6-3-7-18/h2,4-5,8,11,14,16H,3,6-7,9-10H2,1H3,(H2,23,24,28). The molecule has 0 aliphatic heterocycles. The molecule has 1 heterocycles. The third-order valence-electron chi connectivity index (χ3n) is 5.85. The fourth-order valence-electron chi connectivity index (χ4n) is 4.25. The Hall–Kier alpha value is -2.58. The van der Waals surface area contributed by atoms with Gasteiger partial charge in [0.1, 0.15) is 11.7 Å². The van der Waals surface area contributed by atoms with Gasteiger partial charge < -0.3 is 10.6 Å². The summed E-state index contributed by atoms with van der Waals surface area (Å²) in [6, 6.07) is 3.79. The number of nitrogens with one attached hydrogen (secondary N) is 2. The summed E-state index contributed by atoms with van der Waals surface area (Å²) in [6.45, 7) is 0. The number of hydrogen-bond acceptors (Lipinski definition) is 3. The molecule has 6 nitrogen and oxygen atoms in total. The van der Waals surface area contributed by atoms with E-state index in [4.69, 9.17) is 0 Å².